The van der Waals surface area contributed by atoms with Crippen molar-refractivity contribution in [3.8, 4) is 0 Å². The predicted molar refractivity (Wildman–Crippen MR) is 127 cm³/mol. The van der Waals surface area contributed by atoms with Gasteiger partial charge in [-0.1, -0.05) is 17.7 Å². The summed E-state index contributed by atoms with van der Waals surface area (Å²) in [5, 5.41) is 7.27. The largest absolute Gasteiger partial charge is 0.369 e. The van der Waals surface area contributed by atoms with Crippen LogP contribution < -0.4 is 15.5 Å². The fourth-order valence-electron chi connectivity index (χ4n) is 3.57. The van der Waals surface area contributed by atoms with E-state index in [2.05, 4.69) is 33.5 Å². The van der Waals surface area contributed by atoms with Gasteiger partial charge in [0.15, 0.2) is 5.96 Å². The highest BCUT2D eigenvalue weighted by Crippen LogP contribution is 2.29. The third-order valence-corrected chi connectivity index (χ3v) is 5.78. The van der Waals surface area contributed by atoms with E-state index in [1.165, 1.54) is 0 Å². The number of aliphatic imine (C=N–C) groups is 1. The van der Waals surface area contributed by atoms with E-state index >= 15 is 0 Å². The molecule has 0 unspecified atom stereocenters. The summed E-state index contributed by atoms with van der Waals surface area (Å²) in [6.07, 6.45) is 0.449. The molecular formula is C22H37ClN6O. The molecule has 0 bridgehead atoms. The smallest absolute Gasteiger partial charge is 0.224 e. The van der Waals surface area contributed by atoms with E-state index in [9.17, 15) is 4.79 Å². The number of likely N-dealkylation sites (N-methyl/N-ethyl adjacent to an activating group) is 1. The Hall–Kier alpha value is -1.99. The molecule has 2 rings (SSSR count). The van der Waals surface area contributed by atoms with Crippen LogP contribution in [0, 0.1) is 0 Å². The minimum Gasteiger partial charge on any atom is -0.369 e. The molecule has 1 fully saturated rings. The number of carbonyl (C=O) groups excluding carboxylic acids is 1. The Morgan fingerprint density at radius 1 is 1.13 bits per heavy atom. The second-order valence-corrected chi connectivity index (χ2v) is 7.87. The van der Waals surface area contributed by atoms with Gasteiger partial charge in [-0.15, -0.1) is 0 Å². The van der Waals surface area contributed by atoms with Gasteiger partial charge in [0, 0.05) is 75.1 Å². The Morgan fingerprint density at radius 2 is 1.83 bits per heavy atom. The van der Waals surface area contributed by atoms with Crippen molar-refractivity contribution in [2.24, 2.45) is 4.99 Å². The standard InChI is InChI=1S/C22H37ClN6O/c1-5-24-22(25-12-11-21(30)28(6-2)7-3)26-17-18-19(23)9-8-10-20(18)29-15-13-27(4)14-16-29/h8-10H,5-7,11-17H2,1-4H3,(H2,24,25,26). The number of hydrogen-bond acceptors (Lipinski definition) is 4. The van der Waals surface area contributed by atoms with Crippen LogP contribution in [-0.2, 0) is 11.3 Å². The van der Waals surface area contributed by atoms with Crippen molar-refractivity contribution in [2.45, 2.75) is 33.7 Å². The maximum atomic E-state index is 12.2. The molecule has 1 aromatic carbocycles. The van der Waals surface area contributed by atoms with Gasteiger partial charge in [-0.25, -0.2) is 4.99 Å². The fourth-order valence-corrected chi connectivity index (χ4v) is 3.80. The minimum atomic E-state index is 0.159. The van der Waals surface area contributed by atoms with Gasteiger partial charge in [-0.05, 0) is 40.0 Å². The number of piperazine rings is 1. The van der Waals surface area contributed by atoms with Crippen LogP contribution in [0.3, 0.4) is 0 Å². The van der Waals surface area contributed by atoms with E-state index in [0.717, 1.165) is 62.1 Å². The Morgan fingerprint density at radius 3 is 2.47 bits per heavy atom. The van der Waals surface area contributed by atoms with Crippen molar-refractivity contribution in [1.29, 1.82) is 0 Å². The lowest BCUT2D eigenvalue weighted by atomic mass is 10.1. The molecule has 0 radical (unpaired) electrons. The van der Waals surface area contributed by atoms with Crippen LogP contribution in [-0.4, -0.2) is 81.1 Å². The van der Waals surface area contributed by atoms with E-state index in [-0.39, 0.29) is 5.91 Å². The Balaban J connectivity index is 2.04. The van der Waals surface area contributed by atoms with Gasteiger partial charge in [0.1, 0.15) is 0 Å². The second-order valence-electron chi connectivity index (χ2n) is 7.47. The Kier molecular flexibility index (Phi) is 10.2. The second kappa shape index (κ2) is 12.6. The summed E-state index contributed by atoms with van der Waals surface area (Å²) in [5.74, 6) is 0.862. The van der Waals surface area contributed by atoms with Crippen LogP contribution in [0.5, 0.6) is 0 Å². The Labute approximate surface area is 186 Å². The molecule has 1 heterocycles. The first-order valence-electron chi connectivity index (χ1n) is 11.0. The molecule has 1 aliphatic heterocycles. The van der Waals surface area contributed by atoms with Crippen molar-refractivity contribution < 1.29 is 4.79 Å². The summed E-state index contributed by atoms with van der Waals surface area (Å²) in [6.45, 7) is 13.4. The van der Waals surface area contributed by atoms with Crippen molar-refractivity contribution in [2.75, 3.05) is 64.3 Å². The van der Waals surface area contributed by atoms with Crippen LogP contribution in [0.1, 0.15) is 32.8 Å². The lowest BCUT2D eigenvalue weighted by Gasteiger charge is -2.35. The summed E-state index contributed by atoms with van der Waals surface area (Å²) in [4.78, 5) is 23.5. The number of guanidine groups is 1. The van der Waals surface area contributed by atoms with Gasteiger partial charge < -0.3 is 25.3 Å². The molecule has 1 aromatic rings. The third-order valence-electron chi connectivity index (χ3n) is 5.43. The van der Waals surface area contributed by atoms with E-state index in [1.807, 2.05) is 37.8 Å². The fraction of sp³-hybridized carbons (Fsp3) is 0.636. The normalized spacial score (nSPS) is 15.2. The van der Waals surface area contributed by atoms with Crippen LogP contribution in [0.15, 0.2) is 23.2 Å². The lowest BCUT2D eigenvalue weighted by molar-refractivity contribution is -0.130. The van der Waals surface area contributed by atoms with Crippen molar-refractivity contribution in [3.63, 3.8) is 0 Å². The van der Waals surface area contributed by atoms with Gasteiger partial charge in [0.05, 0.1) is 6.54 Å². The van der Waals surface area contributed by atoms with Gasteiger partial charge in [0.2, 0.25) is 5.91 Å². The zero-order valence-electron chi connectivity index (χ0n) is 18.9. The zero-order chi connectivity index (χ0) is 21.9. The average molecular weight is 437 g/mol. The minimum absolute atomic E-state index is 0.159. The number of rotatable bonds is 9. The predicted octanol–water partition coefficient (Wildman–Crippen LogP) is 2.41. The van der Waals surface area contributed by atoms with E-state index in [4.69, 9.17) is 16.6 Å². The molecule has 168 valence electrons. The summed E-state index contributed by atoms with van der Waals surface area (Å²) >= 11 is 6.55. The zero-order valence-corrected chi connectivity index (χ0v) is 19.6. The van der Waals surface area contributed by atoms with E-state index in [1.54, 1.807) is 0 Å². The average Bonchev–Trinajstić information content (AvgIpc) is 2.74. The van der Waals surface area contributed by atoms with Crippen molar-refractivity contribution in [1.82, 2.24) is 20.4 Å². The van der Waals surface area contributed by atoms with Crippen molar-refractivity contribution in [3.05, 3.63) is 28.8 Å². The van der Waals surface area contributed by atoms with E-state index < -0.39 is 0 Å². The van der Waals surface area contributed by atoms with Crippen LogP contribution >= 0.6 is 11.6 Å². The molecule has 2 N–H and O–H groups in total. The molecule has 1 saturated heterocycles. The highest BCUT2D eigenvalue weighted by atomic mass is 35.5. The number of nitrogens with zero attached hydrogens (tertiary/aromatic N) is 4. The van der Waals surface area contributed by atoms with Gasteiger partial charge in [-0.3, -0.25) is 4.79 Å². The van der Waals surface area contributed by atoms with Gasteiger partial charge in [-0.2, -0.15) is 0 Å². The first kappa shape index (κ1) is 24.3. The first-order valence-corrected chi connectivity index (χ1v) is 11.4. The highest BCUT2D eigenvalue weighted by molar-refractivity contribution is 6.31. The molecule has 0 saturated carbocycles. The molecule has 0 aromatic heterocycles. The van der Waals surface area contributed by atoms with Crippen LogP contribution in [0.4, 0.5) is 5.69 Å². The number of carbonyl (C=O) groups is 1. The van der Waals surface area contributed by atoms with Crippen molar-refractivity contribution >= 4 is 29.2 Å². The van der Waals surface area contributed by atoms with Crippen LogP contribution in [0.2, 0.25) is 5.02 Å². The quantitative estimate of drug-likeness (QED) is 0.459. The summed E-state index contributed by atoms with van der Waals surface area (Å²) in [6, 6.07) is 6.06. The SMILES string of the molecule is CCNC(=NCc1c(Cl)cccc1N1CCN(C)CC1)NCCC(=O)N(CC)CC. The Bertz CT molecular complexity index is 699. The molecule has 1 aliphatic rings. The summed E-state index contributed by atoms with van der Waals surface area (Å²) in [7, 11) is 2.15. The molecule has 0 atom stereocenters. The van der Waals surface area contributed by atoms with Crippen LogP contribution in [0.25, 0.3) is 0 Å². The maximum absolute atomic E-state index is 12.2. The molecule has 8 heteroatoms. The summed E-state index contributed by atoms with van der Waals surface area (Å²) in [5.41, 5.74) is 2.20. The monoisotopic (exact) mass is 436 g/mol. The molecule has 0 aliphatic carbocycles. The number of benzene rings is 1. The van der Waals surface area contributed by atoms with E-state index in [0.29, 0.717) is 25.5 Å². The molecule has 7 nitrogen and oxygen atoms in total. The number of amides is 1. The number of nitrogens with one attached hydrogen (secondary N) is 2. The van der Waals surface area contributed by atoms with Gasteiger partial charge >= 0.3 is 0 Å². The highest BCUT2D eigenvalue weighted by Gasteiger charge is 2.18. The lowest BCUT2D eigenvalue weighted by Crippen LogP contribution is -2.44. The topological polar surface area (TPSA) is 63.2 Å². The van der Waals surface area contributed by atoms with Gasteiger partial charge in [0.25, 0.3) is 0 Å². The number of hydrogen-bond donors (Lipinski definition) is 2. The molecule has 0 spiro atoms. The number of halogens is 1. The molecular weight excluding hydrogens is 400 g/mol. The maximum Gasteiger partial charge on any atom is 0.224 e. The molecule has 1 amide bonds. The first-order chi connectivity index (χ1) is 14.5. The number of anilines is 1. The molecule has 30 heavy (non-hydrogen) atoms. The summed E-state index contributed by atoms with van der Waals surface area (Å²) < 4.78 is 0. The third kappa shape index (κ3) is 7.06.